The van der Waals surface area contributed by atoms with Crippen LogP contribution in [0.5, 0.6) is 23.0 Å². The Bertz CT molecular complexity index is 1500. The lowest BCUT2D eigenvalue weighted by molar-refractivity contribution is -0.122. The maximum absolute atomic E-state index is 12.0. The van der Waals surface area contributed by atoms with Crippen molar-refractivity contribution in [3.05, 3.63) is 119 Å². The van der Waals surface area contributed by atoms with Crippen molar-refractivity contribution in [2.75, 3.05) is 6.61 Å². The standard InChI is InChI=1S/C35H40O6Si/c1-34(2,3)42(4,5)41-28-17-19-30(32(21-28)39-23-26-14-10-7-11-15-26)35(37)24-40-31-20-27(16-18-29(31)33(35)36)38-22-25-12-8-6-9-13-25/h6-21,33,36-37H,22-24H2,1-5H3. The maximum atomic E-state index is 12.0. The summed E-state index contributed by atoms with van der Waals surface area (Å²) in [5.74, 6) is 2.20. The highest BCUT2D eigenvalue weighted by Gasteiger charge is 2.46. The van der Waals surface area contributed by atoms with Crippen molar-refractivity contribution in [2.45, 2.75) is 63.8 Å². The van der Waals surface area contributed by atoms with Gasteiger partial charge in [0.2, 0.25) is 8.32 Å². The van der Waals surface area contributed by atoms with Gasteiger partial charge in [-0.25, -0.2) is 0 Å². The highest BCUT2D eigenvalue weighted by atomic mass is 28.4. The molecule has 5 rings (SSSR count). The molecule has 42 heavy (non-hydrogen) atoms. The van der Waals surface area contributed by atoms with E-state index in [1.165, 1.54) is 0 Å². The molecule has 0 saturated heterocycles. The van der Waals surface area contributed by atoms with Crippen molar-refractivity contribution in [3.8, 4) is 23.0 Å². The monoisotopic (exact) mass is 584 g/mol. The topological polar surface area (TPSA) is 77.4 Å². The van der Waals surface area contributed by atoms with Gasteiger partial charge in [-0.1, -0.05) is 81.4 Å². The molecule has 2 unspecified atom stereocenters. The average Bonchev–Trinajstić information content (AvgIpc) is 2.97. The molecule has 220 valence electrons. The van der Waals surface area contributed by atoms with Gasteiger partial charge >= 0.3 is 0 Å². The van der Waals surface area contributed by atoms with Gasteiger partial charge in [0.25, 0.3) is 0 Å². The van der Waals surface area contributed by atoms with E-state index in [1.807, 2.05) is 72.8 Å². The van der Waals surface area contributed by atoms with Crippen molar-refractivity contribution >= 4 is 8.32 Å². The van der Waals surface area contributed by atoms with Crippen LogP contribution in [0, 0.1) is 0 Å². The summed E-state index contributed by atoms with van der Waals surface area (Å²) in [6.07, 6.45) is -1.25. The number of benzene rings is 4. The fraction of sp³-hybridized carbons (Fsp3) is 0.314. The number of hydrogen-bond donors (Lipinski definition) is 2. The van der Waals surface area contributed by atoms with Crippen LogP contribution in [0.1, 0.15) is 49.1 Å². The number of aliphatic hydroxyl groups is 2. The van der Waals surface area contributed by atoms with Crippen molar-refractivity contribution < 1.29 is 28.8 Å². The molecule has 6 nitrogen and oxygen atoms in total. The lowest BCUT2D eigenvalue weighted by Crippen LogP contribution is -2.44. The SMILES string of the molecule is CC(C)(C)[Si](C)(C)Oc1ccc(C2(O)COc3cc(OCc4ccccc4)ccc3C2O)c(OCc2ccccc2)c1. The summed E-state index contributed by atoms with van der Waals surface area (Å²) in [6.45, 7) is 11.5. The van der Waals surface area contributed by atoms with Gasteiger partial charge in [-0.15, -0.1) is 0 Å². The second-order valence-corrected chi connectivity index (χ2v) is 17.1. The zero-order chi connectivity index (χ0) is 30.0. The number of rotatable bonds is 9. The molecule has 4 aromatic carbocycles. The van der Waals surface area contributed by atoms with Gasteiger partial charge in [0, 0.05) is 23.3 Å². The average molecular weight is 585 g/mol. The second-order valence-electron chi connectivity index (χ2n) is 12.4. The van der Waals surface area contributed by atoms with Crippen LogP contribution in [-0.4, -0.2) is 25.1 Å². The number of hydrogen-bond acceptors (Lipinski definition) is 6. The minimum atomic E-state index is -2.13. The van der Waals surface area contributed by atoms with Crippen LogP contribution in [0.15, 0.2) is 97.1 Å². The summed E-state index contributed by atoms with van der Waals surface area (Å²) in [5, 5.41) is 23.6. The lowest BCUT2D eigenvalue weighted by Gasteiger charge is -2.39. The van der Waals surface area contributed by atoms with Gasteiger partial charge in [-0.05, 0) is 53.5 Å². The first-order valence-corrected chi connectivity index (χ1v) is 17.2. The highest BCUT2D eigenvalue weighted by molar-refractivity contribution is 6.74. The molecule has 0 aromatic heterocycles. The number of fused-ring (bicyclic) bond motifs is 1. The van der Waals surface area contributed by atoms with Crippen molar-refractivity contribution in [1.82, 2.24) is 0 Å². The van der Waals surface area contributed by atoms with Gasteiger partial charge in [0.15, 0.2) is 5.60 Å². The molecular formula is C35H40O6Si. The molecule has 7 heteroatoms. The van der Waals surface area contributed by atoms with Crippen LogP contribution in [0.3, 0.4) is 0 Å². The van der Waals surface area contributed by atoms with Gasteiger partial charge in [0.05, 0.1) is 0 Å². The molecular weight excluding hydrogens is 544 g/mol. The molecule has 4 aromatic rings. The van der Waals surface area contributed by atoms with E-state index < -0.39 is 20.0 Å². The van der Waals surface area contributed by atoms with Gasteiger partial charge < -0.3 is 28.8 Å². The van der Waals surface area contributed by atoms with Gasteiger partial charge in [0.1, 0.15) is 48.9 Å². The van der Waals surface area contributed by atoms with Gasteiger partial charge in [-0.2, -0.15) is 0 Å². The molecule has 1 heterocycles. The van der Waals surface area contributed by atoms with E-state index >= 15 is 0 Å². The van der Waals surface area contributed by atoms with E-state index in [-0.39, 0.29) is 11.6 Å². The van der Waals surface area contributed by atoms with Crippen LogP contribution in [0.25, 0.3) is 0 Å². The van der Waals surface area contributed by atoms with Crippen molar-refractivity contribution in [1.29, 1.82) is 0 Å². The van der Waals surface area contributed by atoms with E-state index in [1.54, 1.807) is 24.3 Å². The summed E-state index contributed by atoms with van der Waals surface area (Å²) < 4.78 is 24.9. The summed E-state index contributed by atoms with van der Waals surface area (Å²) in [4.78, 5) is 0. The highest BCUT2D eigenvalue weighted by Crippen LogP contribution is 2.48. The Kier molecular flexibility index (Phi) is 8.37. The molecule has 2 atom stereocenters. The van der Waals surface area contributed by atoms with E-state index in [0.717, 1.165) is 11.1 Å². The zero-order valence-corrected chi connectivity index (χ0v) is 26.0. The Morgan fingerprint density at radius 3 is 2.02 bits per heavy atom. The first kappa shape index (κ1) is 29.7. The third-order valence-corrected chi connectivity index (χ3v) is 12.6. The first-order chi connectivity index (χ1) is 20.0. The summed E-state index contributed by atoms with van der Waals surface area (Å²) >= 11 is 0. The predicted molar refractivity (Wildman–Crippen MR) is 167 cm³/mol. The Labute approximate surface area is 249 Å². The van der Waals surface area contributed by atoms with Crippen molar-refractivity contribution in [3.63, 3.8) is 0 Å². The molecule has 1 aliphatic rings. The van der Waals surface area contributed by atoms with Gasteiger partial charge in [-0.3, -0.25) is 0 Å². The third-order valence-electron chi connectivity index (χ3n) is 8.26. The number of aliphatic hydroxyl groups excluding tert-OH is 1. The van der Waals surface area contributed by atoms with E-state index in [0.29, 0.717) is 47.3 Å². The lowest BCUT2D eigenvalue weighted by atomic mass is 9.82. The summed E-state index contributed by atoms with van der Waals surface area (Å²) in [6, 6.07) is 30.4. The minimum absolute atomic E-state index is 0.00963. The molecule has 1 aliphatic heterocycles. The second kappa shape index (κ2) is 11.8. The fourth-order valence-corrected chi connectivity index (χ4v) is 5.69. The number of ether oxygens (including phenoxy) is 3. The smallest absolute Gasteiger partial charge is 0.250 e. The Balaban J connectivity index is 1.43. The Hall–Kier alpha value is -3.78. The molecule has 0 fully saturated rings. The van der Waals surface area contributed by atoms with Crippen LogP contribution in [0.4, 0.5) is 0 Å². The van der Waals surface area contributed by atoms with Crippen LogP contribution in [0.2, 0.25) is 18.1 Å². The van der Waals surface area contributed by atoms with Crippen LogP contribution < -0.4 is 18.6 Å². The molecule has 0 bridgehead atoms. The summed E-state index contributed by atoms with van der Waals surface area (Å²) in [7, 11) is -2.13. The molecule has 0 amide bonds. The molecule has 0 radical (unpaired) electrons. The fourth-order valence-electron chi connectivity index (χ4n) is 4.67. The molecule has 0 saturated carbocycles. The predicted octanol–water partition coefficient (Wildman–Crippen LogP) is 7.54. The largest absolute Gasteiger partial charge is 0.543 e. The summed E-state index contributed by atoms with van der Waals surface area (Å²) in [5.41, 5.74) is 1.20. The quantitative estimate of drug-likeness (QED) is 0.198. The molecule has 0 aliphatic carbocycles. The first-order valence-electron chi connectivity index (χ1n) is 14.3. The zero-order valence-electron chi connectivity index (χ0n) is 25.0. The van der Waals surface area contributed by atoms with Crippen LogP contribution in [-0.2, 0) is 18.8 Å². The van der Waals surface area contributed by atoms with E-state index in [9.17, 15) is 10.2 Å². The van der Waals surface area contributed by atoms with Crippen LogP contribution >= 0.6 is 0 Å². The minimum Gasteiger partial charge on any atom is -0.543 e. The van der Waals surface area contributed by atoms with Crippen molar-refractivity contribution in [2.24, 2.45) is 0 Å². The van der Waals surface area contributed by atoms with E-state index in [4.69, 9.17) is 18.6 Å². The molecule has 0 spiro atoms. The third kappa shape index (κ3) is 6.33. The normalized spacial score (nSPS) is 18.5. The van der Waals surface area contributed by atoms with E-state index in [2.05, 4.69) is 33.9 Å². The molecule has 2 N–H and O–H groups in total. The Morgan fingerprint density at radius 1 is 0.810 bits per heavy atom. The maximum Gasteiger partial charge on any atom is 0.250 e. The Morgan fingerprint density at radius 2 is 1.40 bits per heavy atom.